The third kappa shape index (κ3) is 6.72. The summed E-state index contributed by atoms with van der Waals surface area (Å²) in [6.45, 7) is 14.3. The standard InChI is InChI=1S/C15H33N3/c1-14(2)12-16-8-5-6-10-18-11-7-9-17(4)13-15(18)3/h14-16H,5-13H2,1-4H3. The van der Waals surface area contributed by atoms with Gasteiger partial charge >= 0.3 is 0 Å². The van der Waals surface area contributed by atoms with E-state index in [9.17, 15) is 0 Å². The molecule has 1 unspecified atom stereocenters. The molecule has 1 saturated heterocycles. The van der Waals surface area contributed by atoms with Crippen LogP contribution in [0, 0.1) is 5.92 Å². The van der Waals surface area contributed by atoms with Crippen LogP contribution >= 0.6 is 0 Å². The number of hydrogen-bond acceptors (Lipinski definition) is 3. The molecule has 0 spiro atoms. The number of nitrogens with zero attached hydrogens (tertiary/aromatic N) is 2. The lowest BCUT2D eigenvalue weighted by Crippen LogP contribution is -2.38. The summed E-state index contributed by atoms with van der Waals surface area (Å²) in [6.07, 6.45) is 3.97. The number of hydrogen-bond donors (Lipinski definition) is 1. The van der Waals surface area contributed by atoms with Gasteiger partial charge in [-0.2, -0.15) is 0 Å². The zero-order chi connectivity index (χ0) is 13.4. The average Bonchev–Trinajstić information content (AvgIpc) is 2.45. The van der Waals surface area contributed by atoms with Crippen LogP contribution in [0.25, 0.3) is 0 Å². The third-order valence-corrected chi connectivity index (χ3v) is 3.79. The Labute approximate surface area is 114 Å². The van der Waals surface area contributed by atoms with E-state index in [1.807, 2.05) is 0 Å². The molecule has 3 heteroatoms. The molecule has 1 fully saturated rings. The minimum absolute atomic E-state index is 0.723. The Balaban J connectivity index is 2.07. The Morgan fingerprint density at radius 3 is 2.72 bits per heavy atom. The fourth-order valence-electron chi connectivity index (χ4n) is 2.71. The zero-order valence-corrected chi connectivity index (χ0v) is 12.9. The first-order chi connectivity index (χ1) is 8.59. The average molecular weight is 255 g/mol. The van der Waals surface area contributed by atoms with E-state index in [0.717, 1.165) is 18.5 Å². The first kappa shape index (κ1) is 15.9. The van der Waals surface area contributed by atoms with Gasteiger partial charge in [0.1, 0.15) is 0 Å². The van der Waals surface area contributed by atoms with Gasteiger partial charge in [-0.25, -0.2) is 0 Å². The second-order valence-corrected chi connectivity index (χ2v) is 6.31. The van der Waals surface area contributed by atoms with Gasteiger partial charge in [0.2, 0.25) is 0 Å². The van der Waals surface area contributed by atoms with Crippen LogP contribution in [0.4, 0.5) is 0 Å². The molecule has 0 amide bonds. The summed E-state index contributed by atoms with van der Waals surface area (Å²) >= 11 is 0. The number of unbranched alkanes of at least 4 members (excludes halogenated alkanes) is 1. The van der Waals surface area contributed by atoms with Gasteiger partial charge in [0.25, 0.3) is 0 Å². The third-order valence-electron chi connectivity index (χ3n) is 3.79. The van der Waals surface area contributed by atoms with E-state index in [2.05, 4.69) is 42.9 Å². The summed E-state index contributed by atoms with van der Waals surface area (Å²) in [5.74, 6) is 0.770. The topological polar surface area (TPSA) is 18.5 Å². The van der Waals surface area contributed by atoms with Gasteiger partial charge in [0, 0.05) is 12.6 Å². The molecule has 108 valence electrons. The molecule has 1 heterocycles. The molecule has 0 aliphatic carbocycles. The summed E-state index contributed by atoms with van der Waals surface area (Å²) in [5, 5.41) is 3.53. The molecule has 1 N–H and O–H groups in total. The van der Waals surface area contributed by atoms with Crippen molar-refractivity contribution in [2.45, 2.75) is 46.1 Å². The van der Waals surface area contributed by atoms with Gasteiger partial charge in [-0.1, -0.05) is 13.8 Å². The van der Waals surface area contributed by atoms with Crippen molar-refractivity contribution in [1.82, 2.24) is 15.1 Å². The van der Waals surface area contributed by atoms with Crippen molar-refractivity contribution in [3.63, 3.8) is 0 Å². The van der Waals surface area contributed by atoms with Crippen molar-refractivity contribution in [2.75, 3.05) is 46.3 Å². The highest BCUT2D eigenvalue weighted by atomic mass is 15.2. The summed E-state index contributed by atoms with van der Waals surface area (Å²) in [5.41, 5.74) is 0. The second kappa shape index (κ2) is 8.89. The van der Waals surface area contributed by atoms with E-state index in [0.29, 0.717) is 0 Å². The monoisotopic (exact) mass is 255 g/mol. The Morgan fingerprint density at radius 2 is 2.00 bits per heavy atom. The molecule has 0 aromatic heterocycles. The predicted molar refractivity (Wildman–Crippen MR) is 80.1 cm³/mol. The van der Waals surface area contributed by atoms with Gasteiger partial charge in [-0.3, -0.25) is 4.90 Å². The summed E-state index contributed by atoms with van der Waals surface area (Å²) in [7, 11) is 2.25. The lowest BCUT2D eigenvalue weighted by Gasteiger charge is -2.27. The first-order valence-corrected chi connectivity index (χ1v) is 7.73. The maximum atomic E-state index is 3.53. The molecule has 1 aliphatic heterocycles. The van der Waals surface area contributed by atoms with Gasteiger partial charge < -0.3 is 10.2 Å². The van der Waals surface area contributed by atoms with E-state index in [-0.39, 0.29) is 0 Å². The Morgan fingerprint density at radius 1 is 1.22 bits per heavy atom. The first-order valence-electron chi connectivity index (χ1n) is 7.73. The highest BCUT2D eigenvalue weighted by Gasteiger charge is 2.18. The molecule has 1 atom stereocenters. The van der Waals surface area contributed by atoms with Crippen LogP contribution in [0.5, 0.6) is 0 Å². The van der Waals surface area contributed by atoms with E-state index in [1.165, 1.54) is 52.0 Å². The van der Waals surface area contributed by atoms with Crippen LogP contribution in [0.15, 0.2) is 0 Å². The summed E-state index contributed by atoms with van der Waals surface area (Å²) in [4.78, 5) is 5.14. The smallest absolute Gasteiger partial charge is 0.0194 e. The van der Waals surface area contributed by atoms with E-state index >= 15 is 0 Å². The summed E-state index contributed by atoms with van der Waals surface area (Å²) in [6, 6.07) is 0.723. The minimum Gasteiger partial charge on any atom is -0.316 e. The van der Waals surface area contributed by atoms with Gasteiger partial charge in [-0.15, -0.1) is 0 Å². The van der Waals surface area contributed by atoms with Crippen molar-refractivity contribution in [3.05, 3.63) is 0 Å². The van der Waals surface area contributed by atoms with Crippen LogP contribution in [0.3, 0.4) is 0 Å². The van der Waals surface area contributed by atoms with Gasteiger partial charge in [0.15, 0.2) is 0 Å². The van der Waals surface area contributed by atoms with Crippen molar-refractivity contribution < 1.29 is 0 Å². The minimum atomic E-state index is 0.723. The number of nitrogens with one attached hydrogen (secondary N) is 1. The number of likely N-dealkylation sites (N-methyl/N-ethyl adjacent to an activating group) is 1. The van der Waals surface area contributed by atoms with Crippen molar-refractivity contribution in [3.8, 4) is 0 Å². The second-order valence-electron chi connectivity index (χ2n) is 6.31. The summed E-state index contributed by atoms with van der Waals surface area (Å²) < 4.78 is 0. The SMILES string of the molecule is CC(C)CNCCCCN1CCCN(C)CC1C. The lowest BCUT2D eigenvalue weighted by atomic mass is 10.2. The van der Waals surface area contributed by atoms with Crippen molar-refractivity contribution in [2.24, 2.45) is 5.92 Å². The van der Waals surface area contributed by atoms with Crippen molar-refractivity contribution >= 4 is 0 Å². The van der Waals surface area contributed by atoms with E-state index < -0.39 is 0 Å². The fraction of sp³-hybridized carbons (Fsp3) is 1.00. The normalized spacial score (nSPS) is 23.5. The quantitative estimate of drug-likeness (QED) is 0.702. The highest BCUT2D eigenvalue weighted by Crippen LogP contribution is 2.09. The van der Waals surface area contributed by atoms with Gasteiger partial charge in [0.05, 0.1) is 0 Å². The largest absolute Gasteiger partial charge is 0.316 e. The molecule has 3 nitrogen and oxygen atoms in total. The van der Waals surface area contributed by atoms with Gasteiger partial charge in [-0.05, 0) is 71.9 Å². The van der Waals surface area contributed by atoms with Crippen LogP contribution < -0.4 is 5.32 Å². The molecular weight excluding hydrogens is 222 g/mol. The molecule has 0 aromatic carbocycles. The molecular formula is C15H33N3. The molecule has 18 heavy (non-hydrogen) atoms. The van der Waals surface area contributed by atoms with E-state index in [1.54, 1.807) is 0 Å². The molecule has 0 aromatic rings. The maximum Gasteiger partial charge on any atom is 0.0194 e. The Hall–Kier alpha value is -0.120. The van der Waals surface area contributed by atoms with Crippen LogP contribution in [-0.4, -0.2) is 62.2 Å². The van der Waals surface area contributed by atoms with Crippen LogP contribution in [-0.2, 0) is 0 Å². The highest BCUT2D eigenvalue weighted by molar-refractivity contribution is 4.75. The Kier molecular flexibility index (Phi) is 7.87. The molecule has 1 rings (SSSR count). The Bertz CT molecular complexity index is 206. The zero-order valence-electron chi connectivity index (χ0n) is 12.9. The van der Waals surface area contributed by atoms with Crippen LogP contribution in [0.2, 0.25) is 0 Å². The fourth-order valence-corrected chi connectivity index (χ4v) is 2.71. The molecule has 0 radical (unpaired) electrons. The number of rotatable bonds is 7. The maximum absolute atomic E-state index is 3.53. The van der Waals surface area contributed by atoms with Crippen molar-refractivity contribution in [1.29, 1.82) is 0 Å². The van der Waals surface area contributed by atoms with Crippen LogP contribution in [0.1, 0.15) is 40.0 Å². The predicted octanol–water partition coefficient (Wildman–Crippen LogP) is 2.04. The van der Waals surface area contributed by atoms with E-state index in [4.69, 9.17) is 0 Å². The molecule has 1 aliphatic rings. The molecule has 0 saturated carbocycles. The molecule has 0 bridgehead atoms. The lowest BCUT2D eigenvalue weighted by molar-refractivity contribution is 0.199.